The SMILES string of the molecule is CCCOC(=O)NC(CC)N(C)C. The van der Waals surface area contributed by atoms with Crippen molar-refractivity contribution in [1.29, 1.82) is 0 Å². The molecule has 0 aliphatic carbocycles. The molecule has 4 heteroatoms. The van der Waals surface area contributed by atoms with Crippen molar-refractivity contribution in [3.63, 3.8) is 0 Å². The van der Waals surface area contributed by atoms with Gasteiger partial charge in [0, 0.05) is 0 Å². The van der Waals surface area contributed by atoms with Gasteiger partial charge in [-0.3, -0.25) is 4.90 Å². The zero-order valence-corrected chi connectivity index (χ0v) is 8.96. The summed E-state index contributed by atoms with van der Waals surface area (Å²) in [6, 6.07) is 0. The van der Waals surface area contributed by atoms with E-state index < -0.39 is 0 Å². The van der Waals surface area contributed by atoms with Gasteiger partial charge in [-0.05, 0) is 26.9 Å². The molecule has 0 fully saturated rings. The van der Waals surface area contributed by atoms with Crippen LogP contribution in [0, 0.1) is 0 Å². The number of nitrogens with zero attached hydrogens (tertiary/aromatic N) is 1. The van der Waals surface area contributed by atoms with E-state index in [1.54, 1.807) is 0 Å². The predicted molar refractivity (Wildman–Crippen MR) is 52.5 cm³/mol. The van der Waals surface area contributed by atoms with Crippen molar-refractivity contribution in [2.45, 2.75) is 32.9 Å². The molecule has 0 spiro atoms. The van der Waals surface area contributed by atoms with E-state index in [2.05, 4.69) is 5.32 Å². The lowest BCUT2D eigenvalue weighted by molar-refractivity contribution is 0.127. The van der Waals surface area contributed by atoms with E-state index in [4.69, 9.17) is 4.74 Å². The Bertz CT molecular complexity index is 149. The van der Waals surface area contributed by atoms with Gasteiger partial charge in [0.05, 0.1) is 12.8 Å². The molecule has 0 heterocycles. The van der Waals surface area contributed by atoms with Gasteiger partial charge in [-0.2, -0.15) is 0 Å². The van der Waals surface area contributed by atoms with Gasteiger partial charge in [-0.25, -0.2) is 4.79 Å². The van der Waals surface area contributed by atoms with Crippen molar-refractivity contribution in [2.24, 2.45) is 0 Å². The van der Waals surface area contributed by atoms with Crippen LogP contribution in [0.5, 0.6) is 0 Å². The minimum atomic E-state index is -0.331. The Morgan fingerprint density at radius 3 is 2.46 bits per heavy atom. The van der Waals surface area contributed by atoms with Crippen molar-refractivity contribution in [1.82, 2.24) is 10.2 Å². The fraction of sp³-hybridized carbons (Fsp3) is 0.889. The zero-order valence-electron chi connectivity index (χ0n) is 8.96. The largest absolute Gasteiger partial charge is 0.450 e. The van der Waals surface area contributed by atoms with Gasteiger partial charge in [0.15, 0.2) is 0 Å². The van der Waals surface area contributed by atoms with E-state index in [1.165, 1.54) is 0 Å². The quantitative estimate of drug-likeness (QED) is 0.663. The van der Waals surface area contributed by atoms with Gasteiger partial charge in [-0.1, -0.05) is 13.8 Å². The number of nitrogens with one attached hydrogen (secondary N) is 1. The smallest absolute Gasteiger partial charge is 0.408 e. The summed E-state index contributed by atoms with van der Waals surface area (Å²) in [6.07, 6.45) is 1.45. The van der Waals surface area contributed by atoms with Gasteiger partial charge >= 0.3 is 6.09 Å². The number of carbonyl (C=O) groups excluding carboxylic acids is 1. The zero-order chi connectivity index (χ0) is 10.3. The van der Waals surface area contributed by atoms with Crippen LogP contribution >= 0.6 is 0 Å². The monoisotopic (exact) mass is 188 g/mol. The second-order valence-electron chi connectivity index (χ2n) is 3.17. The number of hydrogen-bond donors (Lipinski definition) is 1. The highest BCUT2D eigenvalue weighted by molar-refractivity contribution is 5.67. The second-order valence-corrected chi connectivity index (χ2v) is 3.17. The van der Waals surface area contributed by atoms with E-state index in [0.717, 1.165) is 12.8 Å². The lowest BCUT2D eigenvalue weighted by Crippen LogP contribution is -2.44. The number of rotatable bonds is 5. The molecule has 13 heavy (non-hydrogen) atoms. The fourth-order valence-corrected chi connectivity index (χ4v) is 0.969. The lowest BCUT2D eigenvalue weighted by Gasteiger charge is -2.23. The Labute approximate surface area is 80.2 Å². The molecular weight excluding hydrogens is 168 g/mol. The molecule has 0 aromatic heterocycles. The van der Waals surface area contributed by atoms with Crippen molar-refractivity contribution in [3.05, 3.63) is 0 Å². The number of alkyl carbamates (subject to hydrolysis) is 1. The van der Waals surface area contributed by atoms with Gasteiger partial charge in [0.25, 0.3) is 0 Å². The molecule has 0 aliphatic heterocycles. The maximum absolute atomic E-state index is 11.1. The predicted octanol–water partition coefficient (Wildman–Crippen LogP) is 1.42. The van der Waals surface area contributed by atoms with E-state index >= 15 is 0 Å². The maximum Gasteiger partial charge on any atom is 0.408 e. The highest BCUT2D eigenvalue weighted by Gasteiger charge is 2.11. The first-order valence-corrected chi connectivity index (χ1v) is 4.71. The number of carbonyl (C=O) groups is 1. The summed E-state index contributed by atoms with van der Waals surface area (Å²) < 4.78 is 4.90. The summed E-state index contributed by atoms with van der Waals surface area (Å²) in [5.41, 5.74) is 0. The third kappa shape index (κ3) is 5.47. The number of hydrogen-bond acceptors (Lipinski definition) is 3. The number of amides is 1. The molecule has 0 aromatic carbocycles. The summed E-state index contributed by atoms with van der Waals surface area (Å²) in [5, 5.41) is 2.77. The van der Waals surface area contributed by atoms with E-state index in [1.807, 2.05) is 32.8 Å². The number of ether oxygens (including phenoxy) is 1. The van der Waals surface area contributed by atoms with Gasteiger partial charge in [0.1, 0.15) is 0 Å². The van der Waals surface area contributed by atoms with E-state index in [9.17, 15) is 4.79 Å². The average Bonchev–Trinajstić information content (AvgIpc) is 2.10. The molecular formula is C9H20N2O2. The highest BCUT2D eigenvalue weighted by Crippen LogP contribution is 1.95. The minimum absolute atomic E-state index is 0.0596. The first-order chi connectivity index (χ1) is 6.11. The van der Waals surface area contributed by atoms with Gasteiger partial charge in [-0.15, -0.1) is 0 Å². The van der Waals surface area contributed by atoms with E-state index in [-0.39, 0.29) is 12.3 Å². The highest BCUT2D eigenvalue weighted by atomic mass is 16.5. The fourth-order valence-electron chi connectivity index (χ4n) is 0.969. The third-order valence-corrected chi connectivity index (χ3v) is 1.73. The van der Waals surface area contributed by atoms with Crippen LogP contribution in [0.1, 0.15) is 26.7 Å². The Morgan fingerprint density at radius 1 is 1.46 bits per heavy atom. The molecule has 4 nitrogen and oxygen atoms in total. The topological polar surface area (TPSA) is 41.6 Å². The molecule has 0 radical (unpaired) electrons. The summed E-state index contributed by atoms with van der Waals surface area (Å²) in [7, 11) is 3.85. The average molecular weight is 188 g/mol. The minimum Gasteiger partial charge on any atom is -0.450 e. The Balaban J connectivity index is 3.73. The summed E-state index contributed by atoms with van der Waals surface area (Å²) in [6.45, 7) is 4.47. The van der Waals surface area contributed by atoms with Gasteiger partial charge in [0.2, 0.25) is 0 Å². The molecule has 0 bridgehead atoms. The standard InChI is InChI=1S/C9H20N2O2/c1-5-7-13-9(12)10-8(6-2)11(3)4/h8H,5-7H2,1-4H3,(H,10,12). The van der Waals surface area contributed by atoms with Crippen LogP contribution in [-0.4, -0.2) is 37.9 Å². The molecule has 0 saturated carbocycles. The first kappa shape index (κ1) is 12.2. The third-order valence-electron chi connectivity index (χ3n) is 1.73. The molecule has 0 aliphatic rings. The van der Waals surface area contributed by atoms with Crippen LogP contribution in [0.25, 0.3) is 0 Å². The van der Waals surface area contributed by atoms with Crippen molar-refractivity contribution >= 4 is 6.09 Å². The van der Waals surface area contributed by atoms with Crippen LogP contribution in [0.3, 0.4) is 0 Å². The molecule has 1 amide bonds. The van der Waals surface area contributed by atoms with Crippen LogP contribution in [0.2, 0.25) is 0 Å². The second kappa shape index (κ2) is 6.71. The molecule has 1 atom stereocenters. The normalized spacial score (nSPS) is 12.7. The van der Waals surface area contributed by atoms with Crippen molar-refractivity contribution in [3.8, 4) is 0 Å². The van der Waals surface area contributed by atoms with Gasteiger partial charge < -0.3 is 10.1 Å². The lowest BCUT2D eigenvalue weighted by atomic mass is 10.3. The summed E-state index contributed by atoms with van der Waals surface area (Å²) >= 11 is 0. The molecule has 1 N–H and O–H groups in total. The Hall–Kier alpha value is -0.770. The molecule has 78 valence electrons. The Kier molecular flexibility index (Phi) is 6.32. The summed E-state index contributed by atoms with van der Waals surface area (Å²) in [4.78, 5) is 13.1. The van der Waals surface area contributed by atoms with Crippen LogP contribution < -0.4 is 5.32 Å². The first-order valence-electron chi connectivity index (χ1n) is 4.71. The van der Waals surface area contributed by atoms with E-state index in [0.29, 0.717) is 6.61 Å². The Morgan fingerprint density at radius 2 is 2.08 bits per heavy atom. The van der Waals surface area contributed by atoms with Crippen LogP contribution in [0.15, 0.2) is 0 Å². The molecule has 0 aromatic rings. The molecule has 0 saturated heterocycles. The van der Waals surface area contributed by atoms with Crippen LogP contribution in [-0.2, 0) is 4.74 Å². The molecule has 1 unspecified atom stereocenters. The van der Waals surface area contributed by atoms with Crippen molar-refractivity contribution in [2.75, 3.05) is 20.7 Å². The summed E-state index contributed by atoms with van der Waals surface area (Å²) in [5.74, 6) is 0. The molecule has 0 rings (SSSR count). The maximum atomic E-state index is 11.1. The van der Waals surface area contributed by atoms with Crippen molar-refractivity contribution < 1.29 is 9.53 Å². The van der Waals surface area contributed by atoms with Crippen LogP contribution in [0.4, 0.5) is 4.79 Å².